The summed E-state index contributed by atoms with van der Waals surface area (Å²) in [4.78, 5) is 23.6. The van der Waals surface area contributed by atoms with Crippen LogP contribution < -0.4 is 5.32 Å². The third kappa shape index (κ3) is 4.50. The van der Waals surface area contributed by atoms with E-state index < -0.39 is 11.9 Å². The predicted molar refractivity (Wildman–Crippen MR) is 77.3 cm³/mol. The highest BCUT2D eigenvalue weighted by atomic mass is 16.4. The number of hydrogen-bond donors (Lipinski definition) is 2. The van der Waals surface area contributed by atoms with Crippen molar-refractivity contribution in [2.45, 2.75) is 76.7 Å². The van der Waals surface area contributed by atoms with Gasteiger partial charge in [-0.2, -0.15) is 0 Å². The van der Waals surface area contributed by atoms with Gasteiger partial charge >= 0.3 is 5.97 Å². The molecule has 0 aromatic carbocycles. The van der Waals surface area contributed by atoms with Crippen LogP contribution in [0.15, 0.2) is 0 Å². The minimum Gasteiger partial charge on any atom is -0.481 e. The van der Waals surface area contributed by atoms with Gasteiger partial charge in [-0.3, -0.25) is 9.59 Å². The van der Waals surface area contributed by atoms with Crippen LogP contribution in [0.2, 0.25) is 0 Å². The van der Waals surface area contributed by atoms with E-state index in [0.717, 1.165) is 38.5 Å². The van der Waals surface area contributed by atoms with Gasteiger partial charge in [0.05, 0.1) is 0 Å². The molecule has 2 aliphatic rings. The van der Waals surface area contributed by atoms with Crippen LogP contribution in [0.5, 0.6) is 0 Å². The molecule has 2 fully saturated rings. The molecule has 0 aromatic heterocycles. The summed E-state index contributed by atoms with van der Waals surface area (Å²) in [5.41, 5.74) is 0. The minimum absolute atomic E-state index is 0.199. The Bertz CT molecular complexity index is 331. The fourth-order valence-electron chi connectivity index (χ4n) is 3.62. The van der Waals surface area contributed by atoms with Crippen LogP contribution in [-0.2, 0) is 9.59 Å². The van der Waals surface area contributed by atoms with Crippen LogP contribution >= 0.6 is 0 Å². The van der Waals surface area contributed by atoms with E-state index in [1.54, 1.807) is 0 Å². The molecular weight excluding hydrogens is 254 g/mol. The Hall–Kier alpha value is -1.06. The average molecular weight is 281 g/mol. The lowest BCUT2D eigenvalue weighted by Gasteiger charge is -2.27. The van der Waals surface area contributed by atoms with Crippen molar-refractivity contribution < 1.29 is 14.7 Å². The van der Waals surface area contributed by atoms with Crippen molar-refractivity contribution in [3.05, 3.63) is 0 Å². The first-order valence-electron chi connectivity index (χ1n) is 8.20. The molecule has 1 atom stereocenters. The highest BCUT2D eigenvalue weighted by Crippen LogP contribution is 2.29. The molecule has 20 heavy (non-hydrogen) atoms. The first-order valence-corrected chi connectivity index (χ1v) is 8.20. The second kappa shape index (κ2) is 7.65. The number of carboxylic acids is 1. The third-order valence-corrected chi connectivity index (χ3v) is 4.86. The third-order valence-electron chi connectivity index (χ3n) is 4.86. The number of hydrogen-bond acceptors (Lipinski definition) is 2. The van der Waals surface area contributed by atoms with Crippen LogP contribution in [0.4, 0.5) is 0 Å². The number of carbonyl (C=O) groups excluding carboxylic acids is 1. The van der Waals surface area contributed by atoms with Crippen molar-refractivity contribution in [2.75, 3.05) is 0 Å². The van der Waals surface area contributed by atoms with Crippen molar-refractivity contribution >= 4 is 11.9 Å². The summed E-state index contributed by atoms with van der Waals surface area (Å²) in [5.74, 6) is -1.64. The molecule has 0 saturated heterocycles. The van der Waals surface area contributed by atoms with Gasteiger partial charge in [0.25, 0.3) is 0 Å². The molecule has 2 N–H and O–H groups in total. The molecule has 0 heterocycles. The zero-order valence-corrected chi connectivity index (χ0v) is 12.3. The van der Waals surface area contributed by atoms with Crippen LogP contribution in [0, 0.1) is 11.8 Å². The van der Waals surface area contributed by atoms with Crippen LogP contribution in [0.1, 0.15) is 70.6 Å². The van der Waals surface area contributed by atoms with E-state index in [4.69, 9.17) is 0 Å². The highest BCUT2D eigenvalue weighted by Gasteiger charge is 2.31. The molecule has 1 unspecified atom stereocenters. The van der Waals surface area contributed by atoms with E-state index in [-0.39, 0.29) is 11.9 Å². The van der Waals surface area contributed by atoms with E-state index in [2.05, 4.69) is 5.32 Å². The molecule has 1 amide bonds. The van der Waals surface area contributed by atoms with Gasteiger partial charge in [0.1, 0.15) is 5.92 Å². The molecule has 2 aliphatic carbocycles. The van der Waals surface area contributed by atoms with Crippen molar-refractivity contribution in [2.24, 2.45) is 11.8 Å². The second-order valence-electron chi connectivity index (χ2n) is 6.47. The van der Waals surface area contributed by atoms with Gasteiger partial charge in [0.2, 0.25) is 5.91 Å². The fourth-order valence-corrected chi connectivity index (χ4v) is 3.62. The van der Waals surface area contributed by atoms with Crippen molar-refractivity contribution in [3.8, 4) is 0 Å². The summed E-state index contributed by atoms with van der Waals surface area (Å²) < 4.78 is 0. The van der Waals surface area contributed by atoms with Crippen molar-refractivity contribution in [1.82, 2.24) is 5.32 Å². The largest absolute Gasteiger partial charge is 0.481 e. The lowest BCUT2D eigenvalue weighted by atomic mass is 9.82. The summed E-state index contributed by atoms with van der Waals surface area (Å²) in [6, 6.07) is 0.199. The fraction of sp³-hybridized carbons (Fsp3) is 0.875. The lowest BCUT2D eigenvalue weighted by molar-refractivity contribution is -0.148. The Morgan fingerprint density at radius 2 is 1.50 bits per heavy atom. The smallest absolute Gasteiger partial charge is 0.316 e. The van der Waals surface area contributed by atoms with E-state index in [9.17, 15) is 14.7 Å². The second-order valence-corrected chi connectivity index (χ2v) is 6.47. The maximum Gasteiger partial charge on any atom is 0.316 e. The highest BCUT2D eigenvalue weighted by molar-refractivity contribution is 5.97. The van der Waals surface area contributed by atoms with Gasteiger partial charge in [-0.1, -0.05) is 51.4 Å². The van der Waals surface area contributed by atoms with Gasteiger partial charge in [0, 0.05) is 6.04 Å². The number of carboxylic acid groups (broad SMARTS) is 1. The van der Waals surface area contributed by atoms with E-state index >= 15 is 0 Å². The Morgan fingerprint density at radius 1 is 0.950 bits per heavy atom. The molecule has 0 spiro atoms. The Morgan fingerprint density at radius 3 is 2.05 bits per heavy atom. The monoisotopic (exact) mass is 281 g/mol. The maximum absolute atomic E-state index is 12.2. The van der Waals surface area contributed by atoms with Crippen molar-refractivity contribution in [1.29, 1.82) is 0 Å². The summed E-state index contributed by atoms with van der Waals surface area (Å²) in [5, 5.41) is 12.3. The molecule has 4 nitrogen and oxygen atoms in total. The molecule has 0 aliphatic heterocycles. The van der Waals surface area contributed by atoms with E-state index in [1.165, 1.54) is 25.7 Å². The maximum atomic E-state index is 12.2. The molecule has 0 bridgehead atoms. The van der Waals surface area contributed by atoms with Crippen LogP contribution in [-0.4, -0.2) is 23.0 Å². The standard InChI is InChI=1S/C16H27NO3/c18-15(17-13-9-5-2-6-10-13)14(16(19)20)11-12-7-3-1-4-8-12/h12-14H,1-11H2,(H,17,18)(H,19,20). The SMILES string of the molecule is O=C(O)C(CC1CCCCC1)C(=O)NC1CCCCC1. The molecule has 0 radical (unpaired) electrons. The number of nitrogens with one attached hydrogen (secondary N) is 1. The number of amides is 1. The minimum atomic E-state index is -0.955. The Kier molecular flexibility index (Phi) is 5.86. The van der Waals surface area contributed by atoms with Gasteiger partial charge in [-0.15, -0.1) is 0 Å². The van der Waals surface area contributed by atoms with Crippen LogP contribution in [0.25, 0.3) is 0 Å². The normalized spacial score (nSPS) is 23.2. The number of carbonyl (C=O) groups is 2. The topological polar surface area (TPSA) is 66.4 Å². The van der Waals surface area contributed by atoms with E-state index in [0.29, 0.717) is 12.3 Å². The van der Waals surface area contributed by atoms with Gasteiger partial charge in [-0.05, 0) is 25.2 Å². The Labute approximate surface area is 121 Å². The summed E-state index contributed by atoms with van der Waals surface area (Å²) >= 11 is 0. The molecule has 4 heteroatoms. The quantitative estimate of drug-likeness (QED) is 0.761. The molecule has 0 aromatic rings. The number of rotatable bonds is 5. The molecule has 2 saturated carbocycles. The first kappa shape index (κ1) is 15.3. The van der Waals surface area contributed by atoms with Crippen molar-refractivity contribution in [3.63, 3.8) is 0 Å². The molecular formula is C16H27NO3. The van der Waals surface area contributed by atoms with Crippen LogP contribution in [0.3, 0.4) is 0 Å². The Balaban J connectivity index is 1.85. The zero-order valence-electron chi connectivity index (χ0n) is 12.3. The summed E-state index contributed by atoms with van der Waals surface area (Å²) in [6.45, 7) is 0. The average Bonchev–Trinajstić information content (AvgIpc) is 2.46. The molecule has 2 rings (SSSR count). The van der Waals surface area contributed by atoms with Gasteiger partial charge in [0.15, 0.2) is 0 Å². The van der Waals surface area contributed by atoms with E-state index in [1.807, 2.05) is 0 Å². The van der Waals surface area contributed by atoms with Gasteiger partial charge < -0.3 is 10.4 Å². The summed E-state index contributed by atoms with van der Waals surface area (Å²) in [7, 11) is 0. The molecule has 114 valence electrons. The summed E-state index contributed by atoms with van der Waals surface area (Å²) in [6.07, 6.45) is 11.8. The van der Waals surface area contributed by atoms with Gasteiger partial charge in [-0.25, -0.2) is 0 Å². The first-order chi connectivity index (χ1) is 9.66. The predicted octanol–water partition coefficient (Wildman–Crippen LogP) is 3.11. The zero-order chi connectivity index (χ0) is 14.4. The lowest BCUT2D eigenvalue weighted by Crippen LogP contribution is -2.43. The number of aliphatic carboxylic acids is 1.